The van der Waals surface area contributed by atoms with Gasteiger partial charge in [-0.2, -0.15) is 0 Å². The summed E-state index contributed by atoms with van der Waals surface area (Å²) in [6.07, 6.45) is 2.33. The number of urea groups is 1. The molecule has 6 nitrogen and oxygen atoms in total. The van der Waals surface area contributed by atoms with Crippen LogP contribution < -0.4 is 15.4 Å². The molecule has 2 rings (SSSR count). The minimum atomic E-state index is -0.269. The van der Waals surface area contributed by atoms with Crippen molar-refractivity contribution in [3.8, 4) is 11.6 Å². The van der Waals surface area contributed by atoms with Crippen LogP contribution in [-0.2, 0) is 4.74 Å². The highest BCUT2D eigenvalue weighted by Gasteiger charge is 2.03. The van der Waals surface area contributed by atoms with Gasteiger partial charge in [0.15, 0.2) is 0 Å². The van der Waals surface area contributed by atoms with Crippen molar-refractivity contribution in [3.63, 3.8) is 0 Å². The molecule has 0 atom stereocenters. The SMILES string of the molecule is CCOCCCNC(=O)Nc1ccc(Oc2cccc(Br)c2)nc1. The number of hydrogen-bond acceptors (Lipinski definition) is 4. The van der Waals surface area contributed by atoms with Gasteiger partial charge in [0.25, 0.3) is 0 Å². The number of carbonyl (C=O) groups is 1. The third-order valence-corrected chi connectivity index (χ3v) is 3.46. The lowest BCUT2D eigenvalue weighted by Crippen LogP contribution is -2.30. The van der Waals surface area contributed by atoms with Crippen molar-refractivity contribution in [1.29, 1.82) is 0 Å². The molecule has 0 saturated heterocycles. The quantitative estimate of drug-likeness (QED) is 0.659. The van der Waals surface area contributed by atoms with Crippen LogP contribution in [0.1, 0.15) is 13.3 Å². The van der Waals surface area contributed by atoms with Crippen molar-refractivity contribution >= 4 is 27.6 Å². The smallest absolute Gasteiger partial charge is 0.319 e. The molecule has 128 valence electrons. The zero-order chi connectivity index (χ0) is 17.2. The Balaban J connectivity index is 1.78. The van der Waals surface area contributed by atoms with Crippen molar-refractivity contribution in [2.45, 2.75) is 13.3 Å². The van der Waals surface area contributed by atoms with Gasteiger partial charge in [0.1, 0.15) is 5.75 Å². The van der Waals surface area contributed by atoms with Crippen molar-refractivity contribution in [3.05, 3.63) is 47.1 Å². The van der Waals surface area contributed by atoms with Crippen LogP contribution in [0.3, 0.4) is 0 Å². The van der Waals surface area contributed by atoms with Gasteiger partial charge < -0.3 is 20.1 Å². The molecule has 0 radical (unpaired) electrons. The number of ether oxygens (including phenoxy) is 2. The number of benzene rings is 1. The van der Waals surface area contributed by atoms with E-state index < -0.39 is 0 Å². The third kappa shape index (κ3) is 6.55. The first-order chi connectivity index (χ1) is 11.7. The van der Waals surface area contributed by atoms with Gasteiger partial charge in [-0.05, 0) is 37.6 Å². The van der Waals surface area contributed by atoms with Gasteiger partial charge in [-0.3, -0.25) is 0 Å². The molecule has 1 aromatic carbocycles. The predicted octanol–water partition coefficient (Wildman–Crippen LogP) is 4.18. The Labute approximate surface area is 149 Å². The number of aromatic nitrogens is 1. The number of amides is 2. The van der Waals surface area contributed by atoms with Gasteiger partial charge in [0.05, 0.1) is 11.9 Å². The number of rotatable bonds is 8. The van der Waals surface area contributed by atoms with Crippen molar-refractivity contribution < 1.29 is 14.3 Å². The van der Waals surface area contributed by atoms with E-state index in [4.69, 9.17) is 9.47 Å². The van der Waals surface area contributed by atoms with Crippen LogP contribution in [0.5, 0.6) is 11.6 Å². The van der Waals surface area contributed by atoms with Crippen molar-refractivity contribution in [1.82, 2.24) is 10.3 Å². The number of halogens is 1. The van der Waals surface area contributed by atoms with Gasteiger partial charge in [0, 0.05) is 30.3 Å². The second-order valence-corrected chi connectivity index (χ2v) is 5.79. The van der Waals surface area contributed by atoms with E-state index in [0.717, 1.165) is 10.9 Å². The van der Waals surface area contributed by atoms with E-state index in [1.807, 2.05) is 31.2 Å². The molecule has 0 bridgehead atoms. The van der Waals surface area contributed by atoms with E-state index in [1.165, 1.54) is 0 Å². The highest BCUT2D eigenvalue weighted by Crippen LogP contribution is 2.23. The number of pyridine rings is 1. The second-order valence-electron chi connectivity index (χ2n) is 4.88. The van der Waals surface area contributed by atoms with Crippen LogP contribution in [0.15, 0.2) is 47.1 Å². The van der Waals surface area contributed by atoms with E-state index in [2.05, 4.69) is 31.5 Å². The lowest BCUT2D eigenvalue weighted by atomic mass is 10.3. The van der Waals surface area contributed by atoms with E-state index >= 15 is 0 Å². The van der Waals surface area contributed by atoms with Crippen LogP contribution in [0, 0.1) is 0 Å². The first-order valence-electron chi connectivity index (χ1n) is 7.69. The fourth-order valence-corrected chi connectivity index (χ4v) is 2.24. The lowest BCUT2D eigenvalue weighted by molar-refractivity contribution is 0.145. The van der Waals surface area contributed by atoms with Crippen LogP contribution in [-0.4, -0.2) is 30.8 Å². The fraction of sp³-hybridized carbons (Fsp3) is 0.294. The van der Waals surface area contributed by atoms with Crippen molar-refractivity contribution in [2.24, 2.45) is 0 Å². The maximum absolute atomic E-state index is 11.7. The second kappa shape index (κ2) is 9.89. The van der Waals surface area contributed by atoms with Gasteiger partial charge in [-0.25, -0.2) is 9.78 Å². The Bertz CT molecular complexity index is 650. The summed E-state index contributed by atoms with van der Waals surface area (Å²) in [5.74, 6) is 1.14. The maximum Gasteiger partial charge on any atom is 0.319 e. The topological polar surface area (TPSA) is 72.5 Å². The largest absolute Gasteiger partial charge is 0.439 e. The van der Waals surface area contributed by atoms with Gasteiger partial charge >= 0.3 is 6.03 Å². The van der Waals surface area contributed by atoms with Gasteiger partial charge in [-0.1, -0.05) is 22.0 Å². The summed E-state index contributed by atoms with van der Waals surface area (Å²) in [7, 11) is 0. The molecule has 0 aliphatic carbocycles. The van der Waals surface area contributed by atoms with Crippen LogP contribution >= 0.6 is 15.9 Å². The first kappa shape index (κ1) is 18.2. The molecule has 2 amide bonds. The first-order valence-corrected chi connectivity index (χ1v) is 8.48. The highest BCUT2D eigenvalue weighted by atomic mass is 79.9. The molecule has 2 N–H and O–H groups in total. The highest BCUT2D eigenvalue weighted by molar-refractivity contribution is 9.10. The molecular formula is C17H20BrN3O3. The molecule has 24 heavy (non-hydrogen) atoms. The minimum absolute atomic E-state index is 0.269. The lowest BCUT2D eigenvalue weighted by Gasteiger charge is -2.09. The van der Waals surface area contributed by atoms with Gasteiger partial charge in [-0.15, -0.1) is 0 Å². The monoisotopic (exact) mass is 393 g/mol. The molecular weight excluding hydrogens is 374 g/mol. The van der Waals surface area contributed by atoms with E-state index in [9.17, 15) is 4.79 Å². The number of carbonyl (C=O) groups excluding carboxylic acids is 1. The molecule has 0 saturated carbocycles. The number of anilines is 1. The van der Waals surface area contributed by atoms with Crippen LogP contribution in [0.2, 0.25) is 0 Å². The number of nitrogens with one attached hydrogen (secondary N) is 2. The van der Waals surface area contributed by atoms with Crippen LogP contribution in [0.25, 0.3) is 0 Å². The molecule has 0 spiro atoms. The molecule has 1 aromatic heterocycles. The summed E-state index contributed by atoms with van der Waals surface area (Å²) < 4.78 is 11.8. The summed E-state index contributed by atoms with van der Waals surface area (Å²) in [4.78, 5) is 15.9. The Morgan fingerprint density at radius 1 is 1.29 bits per heavy atom. The zero-order valence-corrected chi connectivity index (χ0v) is 15.0. The van der Waals surface area contributed by atoms with E-state index in [-0.39, 0.29) is 6.03 Å². The molecule has 0 fully saturated rings. The summed E-state index contributed by atoms with van der Waals surface area (Å²) >= 11 is 3.39. The Morgan fingerprint density at radius 2 is 2.17 bits per heavy atom. The average molecular weight is 394 g/mol. The summed E-state index contributed by atoms with van der Waals surface area (Å²) in [5.41, 5.74) is 0.596. The normalized spacial score (nSPS) is 10.2. The van der Waals surface area contributed by atoms with E-state index in [1.54, 1.807) is 18.3 Å². The molecule has 7 heteroatoms. The van der Waals surface area contributed by atoms with Crippen molar-refractivity contribution in [2.75, 3.05) is 25.1 Å². The fourth-order valence-electron chi connectivity index (χ4n) is 1.86. The molecule has 0 unspecified atom stereocenters. The third-order valence-electron chi connectivity index (χ3n) is 2.97. The number of nitrogens with zero attached hydrogens (tertiary/aromatic N) is 1. The molecule has 0 aliphatic heterocycles. The standard InChI is InChI=1S/C17H20BrN3O3/c1-2-23-10-4-9-19-17(22)21-14-7-8-16(20-12-14)24-15-6-3-5-13(18)11-15/h3,5-8,11-12H,2,4,9-10H2,1H3,(H2,19,21,22). The Hall–Kier alpha value is -2.12. The molecule has 0 aliphatic rings. The Morgan fingerprint density at radius 3 is 2.88 bits per heavy atom. The maximum atomic E-state index is 11.7. The average Bonchev–Trinajstić information content (AvgIpc) is 2.56. The Kier molecular flexibility index (Phi) is 7.51. The molecule has 2 aromatic rings. The molecule has 1 heterocycles. The summed E-state index contributed by atoms with van der Waals surface area (Å²) in [6, 6.07) is 10.7. The summed E-state index contributed by atoms with van der Waals surface area (Å²) in [6.45, 7) is 3.83. The van der Waals surface area contributed by atoms with Gasteiger partial charge in [0.2, 0.25) is 5.88 Å². The predicted molar refractivity (Wildman–Crippen MR) is 96.6 cm³/mol. The number of hydrogen-bond donors (Lipinski definition) is 2. The summed E-state index contributed by atoms with van der Waals surface area (Å²) in [5, 5.41) is 5.47. The minimum Gasteiger partial charge on any atom is -0.439 e. The van der Waals surface area contributed by atoms with Crippen LogP contribution in [0.4, 0.5) is 10.5 Å². The van der Waals surface area contributed by atoms with E-state index in [0.29, 0.717) is 37.1 Å². The zero-order valence-electron chi connectivity index (χ0n) is 13.4.